The smallest absolute Gasteiger partial charge is 0.246 e. The normalized spacial score (nSPS) is 14.0. The van der Waals surface area contributed by atoms with Gasteiger partial charge in [0.1, 0.15) is 5.75 Å². The quantitative estimate of drug-likeness (QED) is 0.725. The Morgan fingerprint density at radius 1 is 1.38 bits per heavy atom. The van der Waals surface area contributed by atoms with Crippen LogP contribution < -0.4 is 10.1 Å². The van der Waals surface area contributed by atoms with Crippen LogP contribution in [0.15, 0.2) is 22.5 Å². The van der Waals surface area contributed by atoms with Crippen LogP contribution in [-0.2, 0) is 14.4 Å². The van der Waals surface area contributed by atoms with E-state index in [1.54, 1.807) is 0 Å². The maximum atomic E-state index is 11.9. The van der Waals surface area contributed by atoms with E-state index in [-0.39, 0.29) is 24.1 Å². The van der Waals surface area contributed by atoms with E-state index < -0.39 is 5.91 Å². The molecule has 0 saturated carbocycles. The van der Waals surface area contributed by atoms with Gasteiger partial charge in [-0.2, -0.15) is 0 Å². The van der Waals surface area contributed by atoms with Crippen LogP contribution in [0.2, 0.25) is 0 Å². The zero-order valence-electron chi connectivity index (χ0n) is 14.3. The lowest BCUT2D eigenvalue weighted by Gasteiger charge is -2.14. The first-order chi connectivity index (χ1) is 12.5. The van der Waals surface area contributed by atoms with Crippen LogP contribution in [0.1, 0.15) is 19.8 Å². The van der Waals surface area contributed by atoms with Crippen molar-refractivity contribution in [3.05, 3.63) is 18.2 Å². The van der Waals surface area contributed by atoms with Crippen molar-refractivity contribution >= 4 is 51.0 Å². The topological polar surface area (TPSA) is 88.6 Å². The number of thioether (sulfide) groups is 1. The minimum Gasteiger partial charge on any atom is -0.494 e. The number of benzene rings is 1. The van der Waals surface area contributed by atoms with E-state index in [0.717, 1.165) is 26.7 Å². The number of carbonyl (C=O) groups excluding carboxylic acids is 3. The van der Waals surface area contributed by atoms with Gasteiger partial charge in [0.2, 0.25) is 17.7 Å². The first-order valence-electron chi connectivity index (χ1n) is 8.32. The van der Waals surface area contributed by atoms with Gasteiger partial charge in [-0.3, -0.25) is 19.7 Å². The van der Waals surface area contributed by atoms with Gasteiger partial charge < -0.3 is 9.64 Å². The van der Waals surface area contributed by atoms with Crippen molar-refractivity contribution in [2.45, 2.75) is 24.1 Å². The summed E-state index contributed by atoms with van der Waals surface area (Å²) in [5.74, 6) is 0.0120. The molecule has 1 fully saturated rings. The summed E-state index contributed by atoms with van der Waals surface area (Å²) in [6.07, 6.45) is 1.23. The molecule has 1 aromatic heterocycles. The number of hydrogen-bond donors (Lipinski definition) is 1. The van der Waals surface area contributed by atoms with Crippen molar-refractivity contribution in [3.8, 4) is 5.75 Å². The molecular weight excluding hydrogens is 374 g/mol. The first-order valence-corrected chi connectivity index (χ1v) is 10.1. The van der Waals surface area contributed by atoms with E-state index in [4.69, 9.17) is 4.74 Å². The predicted molar refractivity (Wildman–Crippen MR) is 100 cm³/mol. The molecule has 26 heavy (non-hydrogen) atoms. The summed E-state index contributed by atoms with van der Waals surface area (Å²) in [6.45, 7) is 3.04. The maximum Gasteiger partial charge on any atom is 0.246 e. The summed E-state index contributed by atoms with van der Waals surface area (Å²) in [4.78, 5) is 41.2. The average molecular weight is 393 g/mol. The van der Waals surface area contributed by atoms with Gasteiger partial charge in [0.25, 0.3) is 0 Å². The van der Waals surface area contributed by atoms with E-state index in [1.165, 1.54) is 28.0 Å². The molecule has 0 spiro atoms. The highest BCUT2D eigenvalue weighted by Crippen LogP contribution is 2.31. The van der Waals surface area contributed by atoms with Gasteiger partial charge >= 0.3 is 0 Å². The number of ether oxygens (including phenoxy) is 1. The number of rotatable bonds is 7. The van der Waals surface area contributed by atoms with Crippen molar-refractivity contribution in [1.29, 1.82) is 0 Å². The number of fused-ring (bicyclic) bond motifs is 1. The number of amides is 3. The zero-order valence-corrected chi connectivity index (χ0v) is 16.0. The average Bonchev–Trinajstić information content (AvgIpc) is 3.19. The van der Waals surface area contributed by atoms with Gasteiger partial charge in [-0.15, -0.1) is 11.3 Å². The van der Waals surface area contributed by atoms with Gasteiger partial charge in [0.05, 0.1) is 29.1 Å². The third-order valence-corrected chi connectivity index (χ3v) is 5.92. The minimum absolute atomic E-state index is 0.0390. The maximum absolute atomic E-state index is 11.9. The number of hydrogen-bond acceptors (Lipinski definition) is 7. The van der Waals surface area contributed by atoms with Crippen LogP contribution in [0, 0.1) is 0 Å². The Morgan fingerprint density at radius 2 is 2.23 bits per heavy atom. The molecule has 2 aromatic rings. The van der Waals surface area contributed by atoms with E-state index in [2.05, 4.69) is 10.3 Å². The Kier molecular flexibility index (Phi) is 6.10. The molecule has 7 nitrogen and oxygen atoms in total. The summed E-state index contributed by atoms with van der Waals surface area (Å²) >= 11 is 2.76. The molecule has 0 aliphatic carbocycles. The van der Waals surface area contributed by atoms with Gasteiger partial charge in [-0.1, -0.05) is 11.8 Å². The number of imide groups is 1. The highest BCUT2D eigenvalue weighted by Gasteiger charge is 2.23. The molecule has 0 atom stereocenters. The lowest BCUT2D eigenvalue weighted by atomic mass is 10.3. The number of aromatic nitrogens is 1. The second kappa shape index (κ2) is 8.50. The lowest BCUT2D eigenvalue weighted by molar-refractivity contribution is -0.135. The van der Waals surface area contributed by atoms with Crippen LogP contribution in [0.4, 0.5) is 0 Å². The van der Waals surface area contributed by atoms with E-state index in [0.29, 0.717) is 19.6 Å². The Balaban J connectivity index is 1.50. The van der Waals surface area contributed by atoms with Gasteiger partial charge in [0, 0.05) is 13.0 Å². The summed E-state index contributed by atoms with van der Waals surface area (Å²) in [5.41, 5.74) is 0.852. The number of thiazole rings is 1. The lowest BCUT2D eigenvalue weighted by Crippen LogP contribution is -2.41. The SMILES string of the molecule is CCOc1ccc2nc(SCC(=O)NC(=O)CN3CCCC3=O)sc2c1. The van der Waals surface area contributed by atoms with Crippen LogP contribution in [0.25, 0.3) is 10.2 Å². The Morgan fingerprint density at radius 3 is 2.96 bits per heavy atom. The zero-order chi connectivity index (χ0) is 18.5. The fourth-order valence-electron chi connectivity index (χ4n) is 2.60. The van der Waals surface area contributed by atoms with Crippen molar-refractivity contribution in [3.63, 3.8) is 0 Å². The number of nitrogens with zero attached hydrogens (tertiary/aromatic N) is 2. The third kappa shape index (κ3) is 4.73. The molecule has 3 rings (SSSR count). The van der Waals surface area contributed by atoms with Crippen molar-refractivity contribution < 1.29 is 19.1 Å². The summed E-state index contributed by atoms with van der Waals surface area (Å²) in [5, 5.41) is 2.32. The molecule has 3 amide bonds. The first kappa shape index (κ1) is 18.7. The molecule has 0 radical (unpaired) electrons. The molecular formula is C17H19N3O4S2. The number of likely N-dealkylation sites (tertiary alicyclic amines) is 1. The third-order valence-electron chi connectivity index (χ3n) is 3.76. The van der Waals surface area contributed by atoms with E-state index in [9.17, 15) is 14.4 Å². The van der Waals surface area contributed by atoms with Crippen molar-refractivity contribution in [2.24, 2.45) is 0 Å². The molecule has 2 heterocycles. The highest BCUT2D eigenvalue weighted by atomic mass is 32.2. The monoisotopic (exact) mass is 393 g/mol. The second-order valence-corrected chi connectivity index (χ2v) is 7.97. The fourth-order valence-corrected chi connectivity index (χ4v) is 4.50. The van der Waals surface area contributed by atoms with Gasteiger partial charge in [0.15, 0.2) is 4.34 Å². The predicted octanol–water partition coefficient (Wildman–Crippen LogP) is 2.05. The molecule has 1 saturated heterocycles. The fraction of sp³-hybridized carbons (Fsp3) is 0.412. The Labute approximate surface area is 159 Å². The Bertz CT molecular complexity index is 837. The van der Waals surface area contributed by atoms with E-state index in [1.807, 2.05) is 25.1 Å². The molecule has 1 aliphatic heterocycles. The summed E-state index contributed by atoms with van der Waals surface area (Å²) < 4.78 is 7.21. The van der Waals surface area contributed by atoms with Crippen LogP contribution >= 0.6 is 23.1 Å². The second-order valence-electron chi connectivity index (χ2n) is 5.72. The molecule has 9 heteroatoms. The summed E-state index contributed by atoms with van der Waals surface area (Å²) in [6, 6.07) is 5.68. The molecule has 1 aromatic carbocycles. The van der Waals surface area contributed by atoms with Crippen molar-refractivity contribution in [1.82, 2.24) is 15.2 Å². The number of nitrogens with one attached hydrogen (secondary N) is 1. The minimum atomic E-state index is -0.448. The Hall–Kier alpha value is -2.13. The van der Waals surface area contributed by atoms with E-state index >= 15 is 0 Å². The molecule has 138 valence electrons. The van der Waals surface area contributed by atoms with Gasteiger partial charge in [-0.25, -0.2) is 4.98 Å². The molecule has 1 aliphatic rings. The standard InChI is InChI=1S/C17H19N3O4S2/c1-2-24-11-5-6-12-13(8-11)26-17(18-12)25-10-15(22)19-14(21)9-20-7-3-4-16(20)23/h5-6,8H,2-4,7,9-10H2,1H3,(H,19,21,22). The van der Waals surface area contributed by atoms with Crippen LogP contribution in [0.5, 0.6) is 5.75 Å². The highest BCUT2D eigenvalue weighted by molar-refractivity contribution is 8.01. The van der Waals surface area contributed by atoms with Crippen molar-refractivity contribution in [2.75, 3.05) is 25.4 Å². The molecule has 0 unspecified atom stereocenters. The van der Waals surface area contributed by atoms with Gasteiger partial charge in [-0.05, 0) is 31.5 Å². The van der Waals surface area contributed by atoms with Crippen LogP contribution in [0.3, 0.4) is 0 Å². The van der Waals surface area contributed by atoms with Crippen LogP contribution in [-0.4, -0.2) is 53.1 Å². The molecule has 0 bridgehead atoms. The number of carbonyl (C=O) groups is 3. The largest absolute Gasteiger partial charge is 0.494 e. The summed E-state index contributed by atoms with van der Waals surface area (Å²) in [7, 11) is 0. The molecule has 1 N–H and O–H groups in total.